The minimum absolute atomic E-state index is 0.0767. The highest BCUT2D eigenvalue weighted by atomic mass is 79.9. The van der Waals surface area contributed by atoms with E-state index >= 15 is 0 Å². The SMILES string of the molecule is CCNC(=O)C(C)N(Cc1cccc(Br)c1)C(=O)CN(c1ccccc1)S(=O)(=O)c1ccc(OC)c(OC)c1. The van der Waals surface area contributed by atoms with Gasteiger partial charge in [0.15, 0.2) is 11.5 Å². The van der Waals surface area contributed by atoms with Gasteiger partial charge < -0.3 is 19.7 Å². The van der Waals surface area contributed by atoms with E-state index in [1.54, 1.807) is 44.2 Å². The van der Waals surface area contributed by atoms with Crippen molar-refractivity contribution in [1.82, 2.24) is 10.2 Å². The predicted molar refractivity (Wildman–Crippen MR) is 153 cm³/mol. The molecule has 3 aromatic carbocycles. The molecule has 3 rings (SSSR count). The molecule has 0 saturated carbocycles. The molecule has 1 atom stereocenters. The zero-order valence-corrected chi connectivity index (χ0v) is 24.7. The van der Waals surface area contributed by atoms with Crippen LogP contribution in [0.5, 0.6) is 11.5 Å². The maximum atomic E-state index is 13.9. The van der Waals surface area contributed by atoms with Crippen molar-refractivity contribution in [3.63, 3.8) is 0 Å². The molecule has 0 spiro atoms. The van der Waals surface area contributed by atoms with Gasteiger partial charge in [0.05, 0.1) is 24.8 Å². The molecular formula is C28H32BrN3O6S. The van der Waals surface area contributed by atoms with E-state index in [4.69, 9.17) is 9.47 Å². The largest absolute Gasteiger partial charge is 0.493 e. The van der Waals surface area contributed by atoms with E-state index in [2.05, 4.69) is 21.2 Å². The van der Waals surface area contributed by atoms with Gasteiger partial charge in [-0.1, -0.05) is 46.3 Å². The fourth-order valence-corrected chi connectivity index (χ4v) is 5.84. The minimum atomic E-state index is -4.23. The van der Waals surface area contributed by atoms with Crippen LogP contribution in [0, 0.1) is 0 Å². The van der Waals surface area contributed by atoms with E-state index in [1.165, 1.54) is 37.3 Å². The number of para-hydroxylation sites is 1. The van der Waals surface area contributed by atoms with Gasteiger partial charge in [-0.3, -0.25) is 13.9 Å². The Labute approximate surface area is 237 Å². The highest BCUT2D eigenvalue weighted by Crippen LogP contribution is 2.32. The third-order valence-electron chi connectivity index (χ3n) is 6.03. The number of benzene rings is 3. The van der Waals surface area contributed by atoms with Crippen LogP contribution in [0.2, 0.25) is 0 Å². The fraction of sp³-hybridized carbons (Fsp3) is 0.286. The summed E-state index contributed by atoms with van der Waals surface area (Å²) in [5.74, 6) is -0.273. The number of amides is 2. The van der Waals surface area contributed by atoms with Crippen LogP contribution >= 0.6 is 15.9 Å². The monoisotopic (exact) mass is 617 g/mol. The van der Waals surface area contributed by atoms with E-state index in [1.807, 2.05) is 24.3 Å². The molecule has 0 heterocycles. The van der Waals surface area contributed by atoms with Crippen LogP contribution in [0.25, 0.3) is 0 Å². The lowest BCUT2D eigenvalue weighted by molar-refractivity contribution is -0.139. The first-order valence-electron chi connectivity index (χ1n) is 12.2. The molecule has 2 amide bonds. The van der Waals surface area contributed by atoms with E-state index < -0.39 is 28.5 Å². The van der Waals surface area contributed by atoms with Crippen molar-refractivity contribution in [1.29, 1.82) is 0 Å². The number of rotatable bonds is 12. The van der Waals surface area contributed by atoms with Crippen molar-refractivity contribution in [2.75, 3.05) is 31.6 Å². The Hall–Kier alpha value is -3.57. The quantitative estimate of drug-likeness (QED) is 0.326. The van der Waals surface area contributed by atoms with E-state index in [0.29, 0.717) is 18.0 Å². The van der Waals surface area contributed by atoms with Gasteiger partial charge >= 0.3 is 0 Å². The Morgan fingerprint density at radius 1 is 0.949 bits per heavy atom. The smallest absolute Gasteiger partial charge is 0.264 e. The van der Waals surface area contributed by atoms with Crippen molar-refractivity contribution < 1.29 is 27.5 Å². The molecule has 1 N–H and O–H groups in total. The zero-order chi connectivity index (χ0) is 28.6. The first-order chi connectivity index (χ1) is 18.6. The second-order valence-electron chi connectivity index (χ2n) is 8.59. The summed E-state index contributed by atoms with van der Waals surface area (Å²) in [5.41, 5.74) is 1.08. The normalized spacial score (nSPS) is 11.8. The van der Waals surface area contributed by atoms with Gasteiger partial charge in [-0.15, -0.1) is 0 Å². The van der Waals surface area contributed by atoms with Gasteiger partial charge in [0.25, 0.3) is 10.0 Å². The summed E-state index contributed by atoms with van der Waals surface area (Å²) < 4.78 is 40.3. The number of hydrogen-bond donors (Lipinski definition) is 1. The van der Waals surface area contributed by atoms with Crippen LogP contribution in [0.4, 0.5) is 5.69 Å². The number of halogens is 1. The van der Waals surface area contributed by atoms with Crippen LogP contribution in [-0.4, -0.2) is 58.5 Å². The number of ether oxygens (including phenoxy) is 2. The van der Waals surface area contributed by atoms with Crippen LogP contribution in [0.15, 0.2) is 82.2 Å². The van der Waals surface area contributed by atoms with Crippen LogP contribution < -0.4 is 19.1 Å². The summed E-state index contributed by atoms with van der Waals surface area (Å²) in [6.45, 7) is 3.38. The first kappa shape index (κ1) is 30.0. The molecule has 0 aliphatic carbocycles. The summed E-state index contributed by atoms with van der Waals surface area (Å²) >= 11 is 3.44. The molecule has 39 heavy (non-hydrogen) atoms. The summed E-state index contributed by atoms with van der Waals surface area (Å²) in [7, 11) is -1.37. The predicted octanol–water partition coefficient (Wildman–Crippen LogP) is 4.22. The van der Waals surface area contributed by atoms with Gasteiger partial charge in [-0.2, -0.15) is 0 Å². The number of nitrogens with zero attached hydrogens (tertiary/aromatic N) is 2. The van der Waals surface area contributed by atoms with Gasteiger partial charge in [0.1, 0.15) is 12.6 Å². The number of carbonyl (C=O) groups is 2. The molecule has 1 unspecified atom stereocenters. The standard InChI is InChI=1S/C28H32BrN3O6S/c1-5-30-28(34)20(2)31(18-21-10-9-11-22(29)16-21)27(33)19-32(23-12-7-6-8-13-23)39(35,36)24-14-15-25(37-3)26(17-24)38-4/h6-17,20H,5,18-19H2,1-4H3,(H,30,34). The molecule has 0 radical (unpaired) electrons. The topological polar surface area (TPSA) is 105 Å². The number of likely N-dealkylation sites (N-methyl/N-ethyl adjacent to an activating group) is 1. The van der Waals surface area contributed by atoms with Crippen molar-refractivity contribution in [2.45, 2.75) is 31.3 Å². The number of carbonyl (C=O) groups excluding carboxylic acids is 2. The lowest BCUT2D eigenvalue weighted by Gasteiger charge is -2.32. The molecule has 11 heteroatoms. The Bertz CT molecular complexity index is 1400. The summed E-state index contributed by atoms with van der Waals surface area (Å²) in [5, 5.41) is 2.74. The Morgan fingerprint density at radius 2 is 1.64 bits per heavy atom. The summed E-state index contributed by atoms with van der Waals surface area (Å²) in [4.78, 5) is 27.9. The van der Waals surface area contributed by atoms with Crippen molar-refractivity contribution in [3.05, 3.63) is 82.8 Å². The number of sulfonamides is 1. The third kappa shape index (κ3) is 7.30. The average Bonchev–Trinajstić information content (AvgIpc) is 2.94. The fourth-order valence-electron chi connectivity index (χ4n) is 3.96. The lowest BCUT2D eigenvalue weighted by Crippen LogP contribution is -2.51. The van der Waals surface area contributed by atoms with Gasteiger partial charge in [-0.05, 0) is 55.8 Å². The Morgan fingerprint density at radius 3 is 2.26 bits per heavy atom. The molecule has 0 aliphatic rings. The first-order valence-corrected chi connectivity index (χ1v) is 14.5. The summed E-state index contributed by atoms with van der Waals surface area (Å²) in [6, 6.07) is 19.1. The molecule has 9 nitrogen and oxygen atoms in total. The van der Waals surface area contributed by atoms with Crippen LogP contribution in [0.1, 0.15) is 19.4 Å². The number of hydrogen-bond acceptors (Lipinski definition) is 6. The summed E-state index contributed by atoms with van der Waals surface area (Å²) in [6.07, 6.45) is 0. The maximum absolute atomic E-state index is 13.9. The second-order valence-corrected chi connectivity index (χ2v) is 11.4. The average molecular weight is 619 g/mol. The molecular weight excluding hydrogens is 586 g/mol. The van der Waals surface area contributed by atoms with Crippen LogP contribution in [-0.2, 0) is 26.2 Å². The third-order valence-corrected chi connectivity index (χ3v) is 8.29. The van der Waals surface area contributed by atoms with Crippen molar-refractivity contribution in [2.24, 2.45) is 0 Å². The zero-order valence-electron chi connectivity index (χ0n) is 22.3. The second kappa shape index (κ2) is 13.5. The van der Waals surface area contributed by atoms with Gasteiger partial charge in [0.2, 0.25) is 11.8 Å². The molecule has 0 aliphatic heterocycles. The molecule has 0 fully saturated rings. The highest BCUT2D eigenvalue weighted by Gasteiger charge is 2.33. The van der Waals surface area contributed by atoms with E-state index in [9.17, 15) is 18.0 Å². The van der Waals surface area contributed by atoms with Gasteiger partial charge in [0, 0.05) is 23.6 Å². The number of anilines is 1. The molecule has 0 aromatic heterocycles. The molecule has 0 saturated heterocycles. The maximum Gasteiger partial charge on any atom is 0.264 e. The molecule has 208 valence electrons. The lowest BCUT2D eigenvalue weighted by atomic mass is 10.1. The highest BCUT2D eigenvalue weighted by molar-refractivity contribution is 9.10. The van der Waals surface area contributed by atoms with E-state index in [-0.39, 0.29) is 23.1 Å². The Kier molecular flexibility index (Phi) is 10.4. The van der Waals surface area contributed by atoms with Crippen molar-refractivity contribution >= 4 is 43.5 Å². The van der Waals surface area contributed by atoms with Gasteiger partial charge in [-0.25, -0.2) is 8.42 Å². The molecule has 3 aromatic rings. The Balaban J connectivity index is 2.04. The van der Waals surface area contributed by atoms with Crippen molar-refractivity contribution in [3.8, 4) is 11.5 Å². The van der Waals surface area contributed by atoms with E-state index in [0.717, 1.165) is 14.3 Å². The number of methoxy groups -OCH3 is 2. The van der Waals surface area contributed by atoms with Crippen LogP contribution in [0.3, 0.4) is 0 Å². The molecule has 0 bridgehead atoms. The number of nitrogens with one attached hydrogen (secondary N) is 1. The minimum Gasteiger partial charge on any atom is -0.493 e.